The topological polar surface area (TPSA) is 73.1 Å². The van der Waals surface area contributed by atoms with Gasteiger partial charge in [0, 0.05) is 6.54 Å². The Kier molecular flexibility index (Phi) is 3.48. The second kappa shape index (κ2) is 4.43. The molecule has 0 spiro atoms. The van der Waals surface area contributed by atoms with Crippen molar-refractivity contribution in [3.8, 4) is 6.07 Å². The highest BCUT2D eigenvalue weighted by Crippen LogP contribution is 2.44. The molecule has 1 rings (SSSR count). The molecule has 78 valence electrons. The van der Waals surface area contributed by atoms with E-state index in [0.29, 0.717) is 25.8 Å². The summed E-state index contributed by atoms with van der Waals surface area (Å²) in [7, 11) is 0. The van der Waals surface area contributed by atoms with Crippen molar-refractivity contribution in [2.45, 2.75) is 38.7 Å². The van der Waals surface area contributed by atoms with Gasteiger partial charge in [0.25, 0.3) is 0 Å². The number of hydrogen-bond acceptors (Lipinski definition) is 3. The van der Waals surface area contributed by atoms with Crippen LogP contribution >= 0.6 is 0 Å². The Hall–Kier alpha value is -1.08. The molecule has 0 aromatic carbocycles. The molecular weight excluding hydrogens is 180 g/mol. The van der Waals surface area contributed by atoms with Crippen LogP contribution in [0.1, 0.15) is 32.6 Å². The van der Waals surface area contributed by atoms with Crippen molar-refractivity contribution in [3.05, 3.63) is 0 Å². The average molecular weight is 196 g/mol. The molecule has 4 heteroatoms. The zero-order chi connectivity index (χ0) is 10.6. The summed E-state index contributed by atoms with van der Waals surface area (Å²) >= 11 is 0. The highest BCUT2D eigenvalue weighted by molar-refractivity contribution is 5.88. The van der Waals surface area contributed by atoms with E-state index in [1.54, 1.807) is 6.92 Å². The second-order valence-electron chi connectivity index (χ2n) is 3.94. The molecule has 1 amide bonds. The maximum atomic E-state index is 11.4. The van der Waals surface area contributed by atoms with Crippen molar-refractivity contribution in [1.29, 1.82) is 5.26 Å². The molecule has 1 aliphatic rings. The number of amides is 1. The van der Waals surface area contributed by atoms with Gasteiger partial charge in [-0.3, -0.25) is 4.79 Å². The summed E-state index contributed by atoms with van der Waals surface area (Å²) in [5.74, 6) is -0.148. The smallest absolute Gasteiger partial charge is 0.240 e. The van der Waals surface area contributed by atoms with Crippen molar-refractivity contribution in [3.63, 3.8) is 0 Å². The Morgan fingerprint density at radius 3 is 2.79 bits per heavy atom. The minimum absolute atomic E-state index is 0.148. The highest BCUT2D eigenvalue weighted by atomic mass is 16.3. The molecule has 1 saturated carbocycles. The average Bonchev–Trinajstić information content (AvgIpc) is 2.92. The van der Waals surface area contributed by atoms with Crippen LogP contribution in [-0.2, 0) is 4.79 Å². The number of aliphatic hydroxyl groups is 1. The van der Waals surface area contributed by atoms with E-state index < -0.39 is 5.41 Å². The van der Waals surface area contributed by atoms with Crippen LogP contribution in [0.15, 0.2) is 0 Å². The van der Waals surface area contributed by atoms with E-state index in [4.69, 9.17) is 10.4 Å². The lowest BCUT2D eigenvalue weighted by atomic mass is 10.1. The van der Waals surface area contributed by atoms with E-state index in [0.717, 1.165) is 6.42 Å². The van der Waals surface area contributed by atoms with Crippen LogP contribution in [0.5, 0.6) is 0 Å². The lowest BCUT2D eigenvalue weighted by Gasteiger charge is -2.08. The summed E-state index contributed by atoms with van der Waals surface area (Å²) in [6.07, 6.45) is 2.49. The molecule has 2 N–H and O–H groups in total. The first-order chi connectivity index (χ1) is 6.60. The van der Waals surface area contributed by atoms with Gasteiger partial charge in [0.1, 0.15) is 5.41 Å². The summed E-state index contributed by atoms with van der Waals surface area (Å²) in [6.45, 7) is 2.27. The van der Waals surface area contributed by atoms with Crippen molar-refractivity contribution in [2.75, 3.05) is 6.54 Å². The van der Waals surface area contributed by atoms with E-state index in [2.05, 4.69) is 5.32 Å². The van der Waals surface area contributed by atoms with Gasteiger partial charge in [0.05, 0.1) is 12.2 Å². The van der Waals surface area contributed by atoms with Gasteiger partial charge < -0.3 is 10.4 Å². The third kappa shape index (κ3) is 2.71. The fourth-order valence-corrected chi connectivity index (χ4v) is 1.28. The Morgan fingerprint density at radius 2 is 2.36 bits per heavy atom. The fourth-order valence-electron chi connectivity index (χ4n) is 1.28. The molecule has 0 heterocycles. The van der Waals surface area contributed by atoms with Gasteiger partial charge in [-0.1, -0.05) is 0 Å². The number of rotatable bonds is 5. The van der Waals surface area contributed by atoms with Crippen LogP contribution in [0.25, 0.3) is 0 Å². The van der Waals surface area contributed by atoms with Gasteiger partial charge in [0.15, 0.2) is 0 Å². The molecule has 1 unspecified atom stereocenters. The number of carbonyl (C=O) groups excluding carboxylic acids is 1. The first-order valence-electron chi connectivity index (χ1n) is 4.98. The number of nitriles is 1. The normalized spacial score (nSPS) is 19.5. The molecule has 1 atom stereocenters. The summed E-state index contributed by atoms with van der Waals surface area (Å²) < 4.78 is 0. The largest absolute Gasteiger partial charge is 0.393 e. The molecular formula is C10H16N2O2. The standard InChI is InChI=1S/C10H16N2O2/c1-8(13)3-2-6-12-9(14)10(7-11)4-5-10/h8,13H,2-6H2,1H3,(H,12,14). The quantitative estimate of drug-likeness (QED) is 0.631. The zero-order valence-electron chi connectivity index (χ0n) is 8.42. The number of nitrogens with zero attached hydrogens (tertiary/aromatic N) is 1. The van der Waals surface area contributed by atoms with Crippen molar-refractivity contribution < 1.29 is 9.90 Å². The number of carbonyl (C=O) groups is 1. The molecule has 0 saturated heterocycles. The highest BCUT2D eigenvalue weighted by Gasteiger charge is 2.50. The van der Waals surface area contributed by atoms with Crippen molar-refractivity contribution >= 4 is 5.91 Å². The Bertz CT molecular complexity index is 251. The van der Waals surface area contributed by atoms with Gasteiger partial charge in [-0.05, 0) is 32.6 Å². The van der Waals surface area contributed by atoms with Crippen LogP contribution in [0, 0.1) is 16.7 Å². The van der Waals surface area contributed by atoms with Crippen molar-refractivity contribution in [1.82, 2.24) is 5.32 Å². The Balaban J connectivity index is 2.14. The van der Waals surface area contributed by atoms with E-state index in [1.807, 2.05) is 6.07 Å². The molecule has 0 aliphatic heterocycles. The maximum Gasteiger partial charge on any atom is 0.240 e. The molecule has 1 aliphatic carbocycles. The van der Waals surface area contributed by atoms with E-state index in [-0.39, 0.29) is 12.0 Å². The summed E-state index contributed by atoms with van der Waals surface area (Å²) in [5.41, 5.74) is -0.717. The van der Waals surface area contributed by atoms with Gasteiger partial charge >= 0.3 is 0 Å². The Labute approximate surface area is 83.9 Å². The molecule has 1 fully saturated rings. The van der Waals surface area contributed by atoms with Crippen LogP contribution in [0.4, 0.5) is 0 Å². The first-order valence-corrected chi connectivity index (χ1v) is 4.98. The molecule has 0 aromatic rings. The Morgan fingerprint density at radius 1 is 1.71 bits per heavy atom. The fraction of sp³-hybridized carbons (Fsp3) is 0.800. The van der Waals surface area contributed by atoms with Crippen LogP contribution in [0.2, 0.25) is 0 Å². The van der Waals surface area contributed by atoms with Crippen LogP contribution in [-0.4, -0.2) is 23.7 Å². The predicted octanol–water partition coefficient (Wildman–Crippen LogP) is 0.567. The van der Waals surface area contributed by atoms with Crippen LogP contribution < -0.4 is 5.32 Å². The third-order valence-electron chi connectivity index (χ3n) is 2.48. The van der Waals surface area contributed by atoms with Gasteiger partial charge in [0.2, 0.25) is 5.91 Å². The number of aliphatic hydroxyl groups excluding tert-OH is 1. The number of nitrogens with one attached hydrogen (secondary N) is 1. The predicted molar refractivity (Wildman–Crippen MR) is 51.2 cm³/mol. The zero-order valence-corrected chi connectivity index (χ0v) is 8.42. The monoisotopic (exact) mass is 196 g/mol. The van der Waals surface area contributed by atoms with Crippen molar-refractivity contribution in [2.24, 2.45) is 5.41 Å². The lowest BCUT2D eigenvalue weighted by molar-refractivity contribution is -0.124. The van der Waals surface area contributed by atoms with E-state index >= 15 is 0 Å². The number of hydrogen-bond donors (Lipinski definition) is 2. The second-order valence-corrected chi connectivity index (χ2v) is 3.94. The summed E-state index contributed by atoms with van der Waals surface area (Å²) in [6, 6.07) is 2.04. The van der Waals surface area contributed by atoms with E-state index in [9.17, 15) is 4.79 Å². The van der Waals surface area contributed by atoms with Gasteiger partial charge in [-0.2, -0.15) is 5.26 Å². The molecule has 14 heavy (non-hydrogen) atoms. The maximum absolute atomic E-state index is 11.4. The van der Waals surface area contributed by atoms with Crippen LogP contribution in [0.3, 0.4) is 0 Å². The van der Waals surface area contributed by atoms with E-state index in [1.165, 1.54) is 0 Å². The first kappa shape index (κ1) is 11.0. The minimum Gasteiger partial charge on any atom is -0.393 e. The summed E-state index contributed by atoms with van der Waals surface area (Å²) in [5, 5.41) is 20.4. The SMILES string of the molecule is CC(O)CCCNC(=O)C1(C#N)CC1. The third-order valence-corrected chi connectivity index (χ3v) is 2.48. The molecule has 0 aromatic heterocycles. The molecule has 0 radical (unpaired) electrons. The molecule has 0 bridgehead atoms. The summed E-state index contributed by atoms with van der Waals surface area (Å²) in [4.78, 5) is 11.4. The minimum atomic E-state index is -0.717. The van der Waals surface area contributed by atoms with Gasteiger partial charge in [-0.25, -0.2) is 0 Å². The van der Waals surface area contributed by atoms with Gasteiger partial charge in [-0.15, -0.1) is 0 Å². The molecule has 4 nitrogen and oxygen atoms in total. The lowest BCUT2D eigenvalue weighted by Crippen LogP contribution is -2.32.